The minimum Gasteiger partial charge on any atom is -0.395 e. The van der Waals surface area contributed by atoms with Gasteiger partial charge in [-0.25, -0.2) is 0 Å². The second-order valence-corrected chi connectivity index (χ2v) is 5.04. The molecule has 116 valence electrons. The van der Waals surface area contributed by atoms with Crippen molar-refractivity contribution in [2.24, 2.45) is 0 Å². The first-order valence-corrected chi connectivity index (χ1v) is 7.54. The minimum atomic E-state index is -0.162. The number of aryl methyl sites for hydroxylation is 1. The zero-order valence-electron chi connectivity index (χ0n) is 12.8. The monoisotopic (exact) mass is 298 g/mol. The summed E-state index contributed by atoms with van der Waals surface area (Å²) in [6.07, 6.45) is 0.979. The smallest absolute Gasteiger partial charge is 0.251 e. The summed E-state index contributed by atoms with van der Waals surface area (Å²) in [6, 6.07) is 15.7. The normalized spacial score (nSPS) is 10.3. The summed E-state index contributed by atoms with van der Waals surface area (Å²) in [5.74, 6) is -0.162. The zero-order chi connectivity index (χ0) is 15.8. The number of nitrogens with one attached hydrogen (secondary N) is 2. The summed E-state index contributed by atoms with van der Waals surface area (Å²) in [5, 5.41) is 14.8. The van der Waals surface area contributed by atoms with Gasteiger partial charge < -0.3 is 15.7 Å². The van der Waals surface area contributed by atoms with E-state index in [4.69, 9.17) is 5.11 Å². The zero-order valence-corrected chi connectivity index (χ0v) is 12.8. The molecule has 0 heterocycles. The molecule has 0 saturated heterocycles. The highest BCUT2D eigenvalue weighted by molar-refractivity contribution is 5.94. The molecule has 0 aliphatic heterocycles. The topological polar surface area (TPSA) is 61.4 Å². The van der Waals surface area contributed by atoms with Crippen molar-refractivity contribution in [3.05, 3.63) is 65.2 Å². The summed E-state index contributed by atoms with van der Waals surface area (Å²) >= 11 is 0. The molecular formula is C18H22N2O2. The van der Waals surface area contributed by atoms with Crippen LogP contribution in [-0.2, 0) is 13.0 Å². The Morgan fingerprint density at radius 2 is 1.95 bits per heavy atom. The fraction of sp³-hybridized carbons (Fsp3) is 0.278. The SMILES string of the molecule is CCc1ccccc1NCc1cccc(C(=O)NCCO)c1. The second kappa shape index (κ2) is 8.20. The summed E-state index contributed by atoms with van der Waals surface area (Å²) in [5.41, 5.74) is 4.05. The van der Waals surface area contributed by atoms with Crippen molar-refractivity contribution in [3.8, 4) is 0 Å². The Morgan fingerprint density at radius 3 is 2.73 bits per heavy atom. The lowest BCUT2D eigenvalue weighted by molar-refractivity contribution is 0.0944. The van der Waals surface area contributed by atoms with Crippen molar-refractivity contribution < 1.29 is 9.90 Å². The maximum absolute atomic E-state index is 11.9. The number of para-hydroxylation sites is 1. The van der Waals surface area contributed by atoms with Gasteiger partial charge in [0.05, 0.1) is 6.61 Å². The summed E-state index contributed by atoms with van der Waals surface area (Å²) in [4.78, 5) is 11.9. The van der Waals surface area contributed by atoms with E-state index < -0.39 is 0 Å². The van der Waals surface area contributed by atoms with Gasteiger partial charge in [0, 0.05) is 24.3 Å². The molecule has 0 aliphatic carbocycles. The van der Waals surface area contributed by atoms with Crippen molar-refractivity contribution in [2.75, 3.05) is 18.5 Å². The number of anilines is 1. The van der Waals surface area contributed by atoms with Crippen LogP contribution in [0.3, 0.4) is 0 Å². The van der Waals surface area contributed by atoms with E-state index in [2.05, 4.69) is 29.7 Å². The lowest BCUT2D eigenvalue weighted by atomic mass is 10.1. The molecule has 4 heteroatoms. The average molecular weight is 298 g/mol. The van der Waals surface area contributed by atoms with Gasteiger partial charge in [0.25, 0.3) is 5.91 Å². The highest BCUT2D eigenvalue weighted by atomic mass is 16.3. The van der Waals surface area contributed by atoms with Gasteiger partial charge in [-0.1, -0.05) is 37.3 Å². The first kappa shape index (κ1) is 16.0. The van der Waals surface area contributed by atoms with Crippen molar-refractivity contribution in [3.63, 3.8) is 0 Å². The van der Waals surface area contributed by atoms with E-state index in [9.17, 15) is 4.79 Å². The van der Waals surface area contributed by atoms with Gasteiger partial charge in [-0.05, 0) is 35.7 Å². The molecule has 0 atom stereocenters. The Morgan fingerprint density at radius 1 is 1.14 bits per heavy atom. The molecule has 0 fully saturated rings. The van der Waals surface area contributed by atoms with E-state index in [1.165, 1.54) is 5.56 Å². The summed E-state index contributed by atoms with van der Waals surface area (Å²) in [6.45, 7) is 3.01. The Kier molecular flexibility index (Phi) is 5.98. The van der Waals surface area contributed by atoms with Crippen molar-refractivity contribution >= 4 is 11.6 Å². The number of hydrogen-bond donors (Lipinski definition) is 3. The van der Waals surface area contributed by atoms with Crippen LogP contribution >= 0.6 is 0 Å². The number of aliphatic hydroxyl groups is 1. The highest BCUT2D eigenvalue weighted by Crippen LogP contribution is 2.17. The van der Waals surface area contributed by atoms with Crippen LogP contribution in [0.1, 0.15) is 28.4 Å². The van der Waals surface area contributed by atoms with Crippen LogP contribution in [0.5, 0.6) is 0 Å². The molecule has 0 aliphatic rings. The predicted octanol–water partition coefficient (Wildman–Crippen LogP) is 2.58. The molecule has 0 unspecified atom stereocenters. The Hall–Kier alpha value is -2.33. The van der Waals surface area contributed by atoms with Crippen LogP contribution in [0.4, 0.5) is 5.69 Å². The first-order chi connectivity index (χ1) is 10.7. The van der Waals surface area contributed by atoms with Crippen LogP contribution in [0.15, 0.2) is 48.5 Å². The van der Waals surface area contributed by atoms with Crippen LogP contribution in [-0.4, -0.2) is 24.2 Å². The van der Waals surface area contributed by atoms with Gasteiger partial charge in [-0.15, -0.1) is 0 Å². The van der Waals surface area contributed by atoms with Crippen molar-refractivity contribution in [1.82, 2.24) is 5.32 Å². The van der Waals surface area contributed by atoms with Gasteiger partial charge in [0.15, 0.2) is 0 Å². The van der Waals surface area contributed by atoms with Crippen LogP contribution in [0.2, 0.25) is 0 Å². The Bertz CT molecular complexity index is 626. The van der Waals surface area contributed by atoms with E-state index in [-0.39, 0.29) is 19.1 Å². The van der Waals surface area contributed by atoms with E-state index >= 15 is 0 Å². The maximum atomic E-state index is 11.9. The second-order valence-electron chi connectivity index (χ2n) is 5.04. The molecule has 22 heavy (non-hydrogen) atoms. The number of carbonyl (C=O) groups excluding carboxylic acids is 1. The van der Waals surface area contributed by atoms with Gasteiger partial charge in [-0.3, -0.25) is 4.79 Å². The fourth-order valence-corrected chi connectivity index (χ4v) is 2.29. The quantitative estimate of drug-likeness (QED) is 0.736. The molecule has 0 spiro atoms. The number of hydrogen-bond acceptors (Lipinski definition) is 3. The van der Waals surface area contributed by atoms with Crippen LogP contribution in [0.25, 0.3) is 0 Å². The molecule has 0 bridgehead atoms. The van der Waals surface area contributed by atoms with Crippen LogP contribution in [0, 0.1) is 0 Å². The predicted molar refractivity (Wildman–Crippen MR) is 89.0 cm³/mol. The van der Waals surface area contributed by atoms with Gasteiger partial charge in [-0.2, -0.15) is 0 Å². The van der Waals surface area contributed by atoms with Crippen LogP contribution < -0.4 is 10.6 Å². The van der Waals surface area contributed by atoms with E-state index in [0.29, 0.717) is 12.1 Å². The number of rotatable bonds is 7. The molecule has 3 N–H and O–H groups in total. The Balaban J connectivity index is 2.03. The first-order valence-electron chi connectivity index (χ1n) is 7.54. The standard InChI is InChI=1S/C18H22N2O2/c1-2-15-7-3-4-9-17(15)20-13-14-6-5-8-16(12-14)18(22)19-10-11-21/h3-9,12,20-21H,2,10-11,13H2,1H3,(H,19,22). The molecular weight excluding hydrogens is 276 g/mol. The molecule has 0 radical (unpaired) electrons. The summed E-state index contributed by atoms with van der Waals surface area (Å²) < 4.78 is 0. The third kappa shape index (κ3) is 4.33. The molecule has 2 rings (SSSR count). The number of benzene rings is 2. The third-order valence-electron chi connectivity index (χ3n) is 3.47. The molecule has 2 aromatic carbocycles. The number of aliphatic hydroxyl groups excluding tert-OH is 1. The molecule has 0 aromatic heterocycles. The lowest BCUT2D eigenvalue weighted by Crippen LogP contribution is -2.26. The molecule has 1 amide bonds. The maximum Gasteiger partial charge on any atom is 0.251 e. The van der Waals surface area contributed by atoms with Gasteiger partial charge >= 0.3 is 0 Å². The van der Waals surface area contributed by atoms with E-state index in [0.717, 1.165) is 17.7 Å². The van der Waals surface area contributed by atoms with Gasteiger partial charge in [0.2, 0.25) is 0 Å². The van der Waals surface area contributed by atoms with Crippen molar-refractivity contribution in [2.45, 2.75) is 19.9 Å². The lowest BCUT2D eigenvalue weighted by Gasteiger charge is -2.11. The molecule has 0 saturated carbocycles. The third-order valence-corrected chi connectivity index (χ3v) is 3.47. The van der Waals surface area contributed by atoms with E-state index in [1.807, 2.05) is 30.3 Å². The Labute approximate surface area is 131 Å². The fourth-order valence-electron chi connectivity index (χ4n) is 2.29. The van der Waals surface area contributed by atoms with E-state index in [1.54, 1.807) is 6.07 Å². The number of amides is 1. The largest absolute Gasteiger partial charge is 0.395 e. The number of carbonyl (C=O) groups is 1. The molecule has 2 aromatic rings. The molecule has 4 nitrogen and oxygen atoms in total. The van der Waals surface area contributed by atoms with Gasteiger partial charge in [0.1, 0.15) is 0 Å². The minimum absolute atomic E-state index is 0.0548. The highest BCUT2D eigenvalue weighted by Gasteiger charge is 2.06. The average Bonchev–Trinajstić information content (AvgIpc) is 2.58. The van der Waals surface area contributed by atoms with Crippen molar-refractivity contribution in [1.29, 1.82) is 0 Å². The summed E-state index contributed by atoms with van der Waals surface area (Å²) in [7, 11) is 0.